The third kappa shape index (κ3) is 6.50. The van der Waals surface area contributed by atoms with Crippen LogP contribution in [0.15, 0.2) is 47.1 Å². The van der Waals surface area contributed by atoms with E-state index in [2.05, 4.69) is 4.98 Å². The Labute approximate surface area is 199 Å². The average molecular weight is 469 g/mol. The van der Waals surface area contributed by atoms with Crippen LogP contribution in [0.25, 0.3) is 11.0 Å². The number of amides is 1. The number of furan rings is 1. The van der Waals surface area contributed by atoms with E-state index in [-0.39, 0.29) is 18.5 Å². The predicted octanol–water partition coefficient (Wildman–Crippen LogP) is 5.52. The molecule has 34 heavy (non-hydrogen) atoms. The molecule has 2 heterocycles. The monoisotopic (exact) mass is 468 g/mol. The van der Waals surface area contributed by atoms with Crippen molar-refractivity contribution in [2.75, 3.05) is 19.8 Å². The average Bonchev–Trinajstić information content (AvgIpc) is 3.13. The van der Waals surface area contributed by atoms with Crippen LogP contribution in [-0.2, 0) is 16.0 Å². The Bertz CT molecular complexity index is 1120. The van der Waals surface area contributed by atoms with Crippen LogP contribution in [0.2, 0.25) is 0 Å². The van der Waals surface area contributed by atoms with Crippen molar-refractivity contribution in [3.05, 3.63) is 59.6 Å². The van der Waals surface area contributed by atoms with Crippen LogP contribution < -0.4 is 4.74 Å². The van der Waals surface area contributed by atoms with Gasteiger partial charge in [0.25, 0.3) is 0 Å². The Morgan fingerprint density at radius 1 is 1.15 bits per heavy atom. The zero-order valence-corrected chi connectivity index (χ0v) is 20.4. The summed E-state index contributed by atoms with van der Waals surface area (Å²) >= 11 is 0. The van der Waals surface area contributed by atoms with Gasteiger partial charge in [0.15, 0.2) is 0 Å². The van der Waals surface area contributed by atoms with Crippen molar-refractivity contribution in [3.63, 3.8) is 0 Å². The highest BCUT2D eigenvalue weighted by Crippen LogP contribution is 2.33. The molecule has 2 aromatic heterocycles. The van der Waals surface area contributed by atoms with Gasteiger partial charge in [-0.15, -0.1) is 0 Å². The highest BCUT2D eigenvalue weighted by atomic mass is 16.6. The number of hydrogen-bond donors (Lipinski definition) is 0. The summed E-state index contributed by atoms with van der Waals surface area (Å²) in [5.41, 5.74) is 1.56. The molecule has 0 unspecified atom stereocenters. The lowest BCUT2D eigenvalue weighted by molar-refractivity contribution is 0.0225. The van der Waals surface area contributed by atoms with Crippen molar-refractivity contribution >= 4 is 23.0 Å². The summed E-state index contributed by atoms with van der Waals surface area (Å²) in [6.45, 7) is 10.6. The number of carbonyl (C=O) groups excluding carboxylic acids is 2. The second-order valence-corrected chi connectivity index (χ2v) is 8.87. The summed E-state index contributed by atoms with van der Waals surface area (Å²) in [5.74, 6) is 0.302. The van der Waals surface area contributed by atoms with Gasteiger partial charge in [0.2, 0.25) is 5.76 Å². The molecule has 1 aromatic carbocycles. The maximum absolute atomic E-state index is 12.8. The molecular weight excluding hydrogens is 436 g/mol. The van der Waals surface area contributed by atoms with E-state index < -0.39 is 11.6 Å². The second-order valence-electron chi connectivity index (χ2n) is 8.87. The minimum absolute atomic E-state index is 0.181. The molecule has 8 heteroatoms. The predicted molar refractivity (Wildman–Crippen MR) is 128 cm³/mol. The minimum Gasteiger partial charge on any atom is -0.493 e. The van der Waals surface area contributed by atoms with Crippen molar-refractivity contribution in [1.29, 1.82) is 0 Å². The third-order valence-corrected chi connectivity index (χ3v) is 4.95. The fourth-order valence-electron chi connectivity index (χ4n) is 3.49. The molecule has 0 aliphatic rings. The normalized spacial score (nSPS) is 11.3. The van der Waals surface area contributed by atoms with Crippen molar-refractivity contribution in [2.24, 2.45) is 0 Å². The van der Waals surface area contributed by atoms with E-state index >= 15 is 0 Å². The van der Waals surface area contributed by atoms with Gasteiger partial charge >= 0.3 is 12.1 Å². The zero-order chi connectivity index (χ0) is 24.7. The standard InChI is InChI=1S/C26H32N2O6/c1-6-31-24(29)23-18(2)22-20(11-7-12-21(22)33-23)32-15-9-14-28(25(30)34-26(3,4)5)17-19-10-8-13-27-16-19/h7-8,10-13,16H,6,9,14-15,17H2,1-5H3. The largest absolute Gasteiger partial charge is 0.493 e. The van der Waals surface area contributed by atoms with Gasteiger partial charge in [0.05, 0.1) is 25.1 Å². The Morgan fingerprint density at radius 2 is 1.94 bits per heavy atom. The lowest BCUT2D eigenvalue weighted by Crippen LogP contribution is -2.37. The van der Waals surface area contributed by atoms with Crippen molar-refractivity contribution < 1.29 is 28.2 Å². The first-order valence-corrected chi connectivity index (χ1v) is 11.4. The molecule has 0 spiro atoms. The fraction of sp³-hybridized carbons (Fsp3) is 0.423. The Morgan fingerprint density at radius 3 is 2.62 bits per heavy atom. The Balaban J connectivity index is 1.67. The molecule has 0 fully saturated rings. The number of rotatable bonds is 9. The number of aromatic nitrogens is 1. The smallest absolute Gasteiger partial charge is 0.410 e. The molecular formula is C26H32N2O6. The van der Waals surface area contributed by atoms with E-state index in [1.54, 1.807) is 30.3 Å². The molecule has 0 atom stereocenters. The van der Waals surface area contributed by atoms with Gasteiger partial charge in [-0.2, -0.15) is 0 Å². The molecule has 3 rings (SSSR count). The third-order valence-electron chi connectivity index (χ3n) is 4.95. The van der Waals surface area contributed by atoms with Crippen LogP contribution in [0.4, 0.5) is 4.79 Å². The Kier molecular flexibility index (Phi) is 8.15. The summed E-state index contributed by atoms with van der Waals surface area (Å²) in [4.78, 5) is 30.7. The number of nitrogens with zero attached hydrogens (tertiary/aromatic N) is 2. The van der Waals surface area contributed by atoms with Crippen LogP contribution in [-0.4, -0.2) is 47.3 Å². The molecule has 3 aromatic rings. The first kappa shape index (κ1) is 25.1. The number of fused-ring (bicyclic) bond motifs is 1. The molecule has 0 saturated carbocycles. The molecule has 182 valence electrons. The molecule has 8 nitrogen and oxygen atoms in total. The highest BCUT2D eigenvalue weighted by molar-refractivity contribution is 5.98. The second kappa shape index (κ2) is 11.0. The van der Waals surface area contributed by atoms with Crippen LogP contribution in [0, 0.1) is 6.92 Å². The number of carbonyl (C=O) groups is 2. The van der Waals surface area contributed by atoms with E-state index in [0.29, 0.717) is 43.0 Å². The maximum atomic E-state index is 12.8. The summed E-state index contributed by atoms with van der Waals surface area (Å²) in [5, 5.41) is 0.741. The number of pyridine rings is 1. The van der Waals surface area contributed by atoms with Gasteiger partial charge in [-0.3, -0.25) is 4.98 Å². The first-order chi connectivity index (χ1) is 16.2. The van der Waals surface area contributed by atoms with Crippen molar-refractivity contribution in [2.45, 2.75) is 53.2 Å². The number of esters is 1. The van der Waals surface area contributed by atoms with Crippen molar-refractivity contribution in [1.82, 2.24) is 9.88 Å². The summed E-state index contributed by atoms with van der Waals surface area (Å²) < 4.78 is 22.4. The van der Waals surface area contributed by atoms with Gasteiger partial charge < -0.3 is 23.5 Å². The number of ether oxygens (including phenoxy) is 3. The summed E-state index contributed by atoms with van der Waals surface area (Å²) in [6, 6.07) is 9.19. The van der Waals surface area contributed by atoms with Gasteiger partial charge in [0, 0.05) is 24.5 Å². The van der Waals surface area contributed by atoms with Gasteiger partial charge in [0.1, 0.15) is 16.9 Å². The van der Waals surface area contributed by atoms with Gasteiger partial charge in [-0.05, 0) is 64.8 Å². The summed E-state index contributed by atoms with van der Waals surface area (Å²) in [6.07, 6.45) is 3.62. The summed E-state index contributed by atoms with van der Waals surface area (Å²) in [7, 11) is 0. The van der Waals surface area contributed by atoms with Crippen LogP contribution in [0.5, 0.6) is 5.75 Å². The molecule has 0 aliphatic heterocycles. The van der Waals surface area contributed by atoms with E-state index in [4.69, 9.17) is 18.6 Å². The number of benzene rings is 1. The fourth-order valence-corrected chi connectivity index (χ4v) is 3.49. The van der Waals surface area contributed by atoms with E-state index in [1.165, 1.54) is 0 Å². The zero-order valence-electron chi connectivity index (χ0n) is 20.4. The lowest BCUT2D eigenvalue weighted by Gasteiger charge is -2.27. The number of hydrogen-bond acceptors (Lipinski definition) is 7. The van der Waals surface area contributed by atoms with E-state index in [1.807, 2.05) is 52.0 Å². The van der Waals surface area contributed by atoms with Crippen LogP contribution in [0.3, 0.4) is 0 Å². The molecule has 0 N–H and O–H groups in total. The molecule has 1 amide bonds. The number of aryl methyl sites for hydroxylation is 1. The van der Waals surface area contributed by atoms with Crippen LogP contribution >= 0.6 is 0 Å². The SMILES string of the molecule is CCOC(=O)c1oc2cccc(OCCCN(Cc3cccnc3)C(=O)OC(C)(C)C)c2c1C. The van der Waals surface area contributed by atoms with Crippen LogP contribution in [0.1, 0.15) is 55.8 Å². The molecule has 0 aliphatic carbocycles. The molecule has 0 bridgehead atoms. The van der Waals surface area contributed by atoms with E-state index in [9.17, 15) is 9.59 Å². The first-order valence-electron chi connectivity index (χ1n) is 11.4. The Hall–Kier alpha value is -3.55. The maximum Gasteiger partial charge on any atom is 0.410 e. The molecule has 0 radical (unpaired) electrons. The van der Waals surface area contributed by atoms with Crippen molar-refractivity contribution in [3.8, 4) is 5.75 Å². The topological polar surface area (TPSA) is 91.1 Å². The minimum atomic E-state index is -0.591. The van der Waals surface area contributed by atoms with Gasteiger partial charge in [-0.25, -0.2) is 9.59 Å². The van der Waals surface area contributed by atoms with E-state index in [0.717, 1.165) is 10.9 Å². The molecule has 0 saturated heterocycles. The highest BCUT2D eigenvalue weighted by Gasteiger charge is 2.23. The lowest BCUT2D eigenvalue weighted by atomic mass is 10.1. The quantitative estimate of drug-likeness (QED) is 0.302. The van der Waals surface area contributed by atoms with Gasteiger partial charge in [-0.1, -0.05) is 12.1 Å².